The second-order valence-corrected chi connectivity index (χ2v) is 6.72. The fraction of sp³-hybridized carbons (Fsp3) is 0.400. The number of halogens is 1. The fourth-order valence-corrected chi connectivity index (χ4v) is 3.65. The number of aliphatic hydroxyl groups excluding tert-OH is 1. The summed E-state index contributed by atoms with van der Waals surface area (Å²) in [7, 11) is 0. The number of alkyl halides is 1. The maximum atomic E-state index is 9.88. The highest BCUT2D eigenvalue weighted by Gasteiger charge is 2.28. The molecule has 2 aromatic rings. The monoisotopic (exact) mass is 344 g/mol. The fourth-order valence-electron chi connectivity index (χ4n) is 3.52. The summed E-state index contributed by atoms with van der Waals surface area (Å²) in [6.07, 6.45) is 0.243. The maximum absolute atomic E-state index is 9.88. The van der Waals surface area contributed by atoms with Crippen molar-refractivity contribution in [1.82, 2.24) is 10.2 Å². The van der Waals surface area contributed by atoms with Crippen molar-refractivity contribution in [2.24, 2.45) is 0 Å². The van der Waals surface area contributed by atoms with Crippen molar-refractivity contribution in [2.45, 2.75) is 24.6 Å². The molecule has 24 heavy (non-hydrogen) atoms. The Bertz CT molecular complexity index is 568. The van der Waals surface area contributed by atoms with E-state index in [-0.39, 0.29) is 12.1 Å². The lowest BCUT2D eigenvalue weighted by Gasteiger charge is -2.40. The molecule has 128 valence electrons. The van der Waals surface area contributed by atoms with Crippen molar-refractivity contribution in [3.63, 3.8) is 0 Å². The van der Waals surface area contributed by atoms with Crippen LogP contribution in [0.3, 0.4) is 0 Å². The third-order valence-electron chi connectivity index (χ3n) is 4.62. The van der Waals surface area contributed by atoms with Crippen LogP contribution in [0.5, 0.6) is 0 Å². The van der Waals surface area contributed by atoms with Gasteiger partial charge in [-0.15, -0.1) is 11.6 Å². The Morgan fingerprint density at radius 2 is 1.62 bits per heavy atom. The van der Waals surface area contributed by atoms with E-state index in [0.29, 0.717) is 12.3 Å². The molecule has 1 fully saturated rings. The van der Waals surface area contributed by atoms with Gasteiger partial charge in [-0.1, -0.05) is 60.7 Å². The molecule has 3 nitrogen and oxygen atoms in total. The first-order valence-electron chi connectivity index (χ1n) is 8.59. The van der Waals surface area contributed by atoms with Crippen LogP contribution in [0.1, 0.15) is 23.6 Å². The van der Waals surface area contributed by atoms with Gasteiger partial charge in [-0.25, -0.2) is 0 Å². The Morgan fingerprint density at radius 3 is 2.17 bits per heavy atom. The van der Waals surface area contributed by atoms with Gasteiger partial charge in [0.25, 0.3) is 0 Å². The van der Waals surface area contributed by atoms with Crippen molar-refractivity contribution in [3.8, 4) is 0 Å². The molecule has 0 saturated carbocycles. The van der Waals surface area contributed by atoms with Crippen molar-refractivity contribution in [1.29, 1.82) is 0 Å². The van der Waals surface area contributed by atoms with Gasteiger partial charge >= 0.3 is 0 Å². The first-order valence-corrected chi connectivity index (χ1v) is 9.12. The number of rotatable bonds is 6. The Kier molecular flexibility index (Phi) is 6.27. The Morgan fingerprint density at radius 1 is 1.04 bits per heavy atom. The van der Waals surface area contributed by atoms with Crippen LogP contribution in [0.4, 0.5) is 0 Å². The second-order valence-electron chi connectivity index (χ2n) is 6.41. The van der Waals surface area contributed by atoms with E-state index in [2.05, 4.69) is 70.9 Å². The first-order chi connectivity index (χ1) is 11.8. The standard InChI is InChI=1S/C20H25ClN2O/c21-14-19(24)13-18-15-23(12-11-22-18)20(16-7-3-1-4-8-16)17-9-5-2-6-10-17/h1-10,18-20,22,24H,11-15H2. The molecule has 1 aliphatic rings. The zero-order valence-electron chi connectivity index (χ0n) is 13.8. The molecule has 0 aliphatic carbocycles. The molecular formula is C20H25ClN2O. The van der Waals surface area contributed by atoms with Gasteiger partial charge in [0, 0.05) is 31.6 Å². The van der Waals surface area contributed by atoms with Crippen LogP contribution < -0.4 is 5.32 Å². The molecular weight excluding hydrogens is 320 g/mol. The van der Waals surface area contributed by atoms with E-state index in [1.807, 2.05) is 0 Å². The van der Waals surface area contributed by atoms with E-state index >= 15 is 0 Å². The minimum absolute atomic E-state index is 0.241. The van der Waals surface area contributed by atoms with Crippen LogP contribution >= 0.6 is 11.6 Å². The molecule has 1 heterocycles. The Labute approximate surface area is 149 Å². The molecule has 2 N–H and O–H groups in total. The van der Waals surface area contributed by atoms with E-state index < -0.39 is 6.10 Å². The summed E-state index contributed by atoms with van der Waals surface area (Å²) in [5, 5.41) is 13.4. The molecule has 0 spiro atoms. The van der Waals surface area contributed by atoms with Crippen LogP contribution in [-0.2, 0) is 0 Å². The molecule has 0 amide bonds. The summed E-state index contributed by atoms with van der Waals surface area (Å²) in [6, 6.07) is 21.8. The van der Waals surface area contributed by atoms with Gasteiger partial charge in [0.05, 0.1) is 12.1 Å². The number of benzene rings is 2. The Balaban J connectivity index is 1.83. The second kappa shape index (κ2) is 8.63. The van der Waals surface area contributed by atoms with E-state index in [9.17, 15) is 5.11 Å². The summed E-state index contributed by atoms with van der Waals surface area (Å²) in [4.78, 5) is 2.51. The summed E-state index contributed by atoms with van der Waals surface area (Å²) < 4.78 is 0. The number of hydrogen-bond donors (Lipinski definition) is 2. The summed E-state index contributed by atoms with van der Waals surface area (Å²) in [6.45, 7) is 2.82. The van der Waals surface area contributed by atoms with Crippen LogP contribution in [0.25, 0.3) is 0 Å². The number of nitrogens with zero attached hydrogens (tertiary/aromatic N) is 1. The predicted octanol–water partition coefficient (Wildman–Crippen LogP) is 3.04. The highest BCUT2D eigenvalue weighted by Crippen LogP contribution is 2.29. The van der Waals surface area contributed by atoms with Crippen molar-refractivity contribution in [3.05, 3.63) is 71.8 Å². The van der Waals surface area contributed by atoms with Crippen LogP contribution in [-0.4, -0.2) is 47.7 Å². The smallest absolute Gasteiger partial charge is 0.0690 e. The van der Waals surface area contributed by atoms with Gasteiger partial charge < -0.3 is 10.4 Å². The average molecular weight is 345 g/mol. The van der Waals surface area contributed by atoms with E-state index in [1.165, 1.54) is 11.1 Å². The van der Waals surface area contributed by atoms with Gasteiger partial charge in [0.15, 0.2) is 0 Å². The quantitative estimate of drug-likeness (QED) is 0.791. The SMILES string of the molecule is OC(CCl)CC1CN(C(c2ccccc2)c2ccccc2)CCN1. The van der Waals surface area contributed by atoms with Crippen molar-refractivity contribution < 1.29 is 5.11 Å². The van der Waals surface area contributed by atoms with Crippen LogP contribution in [0.2, 0.25) is 0 Å². The van der Waals surface area contributed by atoms with Crippen LogP contribution in [0, 0.1) is 0 Å². The Hall–Kier alpha value is -1.39. The lowest BCUT2D eigenvalue weighted by Crippen LogP contribution is -2.52. The summed E-state index contributed by atoms with van der Waals surface area (Å²) >= 11 is 5.77. The number of hydrogen-bond acceptors (Lipinski definition) is 3. The van der Waals surface area contributed by atoms with Gasteiger partial charge in [0.1, 0.15) is 0 Å². The van der Waals surface area contributed by atoms with E-state index in [0.717, 1.165) is 19.6 Å². The molecule has 2 unspecified atom stereocenters. The normalized spacial score (nSPS) is 20.2. The van der Waals surface area contributed by atoms with Gasteiger partial charge in [-0.05, 0) is 17.5 Å². The minimum Gasteiger partial charge on any atom is -0.392 e. The van der Waals surface area contributed by atoms with Gasteiger partial charge in [-0.3, -0.25) is 4.90 Å². The number of aliphatic hydroxyl groups is 1. The zero-order valence-corrected chi connectivity index (χ0v) is 14.6. The molecule has 0 bridgehead atoms. The molecule has 3 rings (SSSR count). The highest BCUT2D eigenvalue weighted by atomic mass is 35.5. The maximum Gasteiger partial charge on any atom is 0.0690 e. The van der Waals surface area contributed by atoms with Gasteiger partial charge in [-0.2, -0.15) is 0 Å². The van der Waals surface area contributed by atoms with E-state index in [1.54, 1.807) is 0 Å². The van der Waals surface area contributed by atoms with Crippen LogP contribution in [0.15, 0.2) is 60.7 Å². The predicted molar refractivity (Wildman–Crippen MR) is 99.4 cm³/mol. The van der Waals surface area contributed by atoms with E-state index in [4.69, 9.17) is 11.6 Å². The molecule has 4 heteroatoms. The highest BCUT2D eigenvalue weighted by molar-refractivity contribution is 6.18. The minimum atomic E-state index is -0.448. The molecule has 0 radical (unpaired) electrons. The molecule has 1 aliphatic heterocycles. The molecule has 1 saturated heterocycles. The van der Waals surface area contributed by atoms with Crippen molar-refractivity contribution >= 4 is 11.6 Å². The first kappa shape index (κ1) is 17.4. The largest absolute Gasteiger partial charge is 0.392 e. The molecule has 0 aromatic heterocycles. The summed E-state index contributed by atoms with van der Waals surface area (Å²) in [5.74, 6) is 0.291. The third-order valence-corrected chi connectivity index (χ3v) is 4.97. The zero-order chi connectivity index (χ0) is 16.8. The lowest BCUT2D eigenvalue weighted by molar-refractivity contribution is 0.118. The average Bonchev–Trinajstić information content (AvgIpc) is 2.64. The lowest BCUT2D eigenvalue weighted by atomic mass is 9.95. The van der Waals surface area contributed by atoms with Crippen molar-refractivity contribution in [2.75, 3.05) is 25.5 Å². The topological polar surface area (TPSA) is 35.5 Å². The third kappa shape index (κ3) is 4.37. The number of piperazine rings is 1. The van der Waals surface area contributed by atoms with Gasteiger partial charge in [0.2, 0.25) is 0 Å². The molecule has 2 atom stereocenters. The number of nitrogens with one attached hydrogen (secondary N) is 1. The molecule has 2 aromatic carbocycles. The summed E-state index contributed by atoms with van der Waals surface area (Å²) in [5.41, 5.74) is 2.62.